The van der Waals surface area contributed by atoms with Crippen molar-refractivity contribution in [2.75, 3.05) is 0 Å². The van der Waals surface area contributed by atoms with Gasteiger partial charge in [0.05, 0.1) is 6.54 Å². The van der Waals surface area contributed by atoms with Crippen LogP contribution in [0.1, 0.15) is 36.6 Å². The molecule has 0 aliphatic heterocycles. The highest BCUT2D eigenvalue weighted by molar-refractivity contribution is 5.71. The minimum absolute atomic E-state index is 0.0868. The van der Waals surface area contributed by atoms with E-state index < -0.39 is 18.0 Å². The van der Waals surface area contributed by atoms with E-state index in [1.54, 1.807) is 24.3 Å². The van der Waals surface area contributed by atoms with Crippen LogP contribution in [0.15, 0.2) is 54.6 Å². The summed E-state index contributed by atoms with van der Waals surface area (Å²) in [6.45, 7) is 2.70. The zero-order valence-electron chi connectivity index (χ0n) is 14.1. The molecule has 1 atom stereocenters. The maximum Gasteiger partial charge on any atom is 0.304 e. The van der Waals surface area contributed by atoms with Crippen LogP contribution in [0.3, 0.4) is 0 Å². The van der Waals surface area contributed by atoms with E-state index in [1.165, 1.54) is 13.8 Å². The van der Waals surface area contributed by atoms with Crippen molar-refractivity contribution in [3.8, 4) is 11.8 Å². The molecule has 0 saturated carbocycles. The summed E-state index contributed by atoms with van der Waals surface area (Å²) in [4.78, 5) is 22.4. The summed E-state index contributed by atoms with van der Waals surface area (Å²) < 4.78 is 5.29. The Morgan fingerprint density at radius 2 is 1.72 bits per heavy atom. The van der Waals surface area contributed by atoms with Crippen LogP contribution in [0.25, 0.3) is 0 Å². The topological polar surface area (TPSA) is 66.8 Å². The van der Waals surface area contributed by atoms with Crippen LogP contribution in [0, 0.1) is 11.8 Å². The Bertz CT molecular complexity index is 788. The highest BCUT2D eigenvalue weighted by atomic mass is 16.5. The molecule has 128 valence electrons. The van der Waals surface area contributed by atoms with Crippen LogP contribution in [-0.4, -0.2) is 22.1 Å². The molecule has 5 heteroatoms. The van der Waals surface area contributed by atoms with Crippen molar-refractivity contribution in [1.82, 2.24) is 5.06 Å². The van der Waals surface area contributed by atoms with Crippen molar-refractivity contribution in [3.63, 3.8) is 0 Å². The van der Waals surface area contributed by atoms with Crippen LogP contribution in [0.2, 0.25) is 0 Å². The fourth-order valence-corrected chi connectivity index (χ4v) is 2.10. The molecule has 2 aromatic rings. The summed E-state index contributed by atoms with van der Waals surface area (Å²) in [5, 5.41) is 10.1. The van der Waals surface area contributed by atoms with Crippen molar-refractivity contribution in [1.29, 1.82) is 0 Å². The number of rotatable bonds is 4. The first-order valence-corrected chi connectivity index (χ1v) is 7.75. The second-order valence-electron chi connectivity index (χ2n) is 5.44. The average molecular weight is 337 g/mol. The van der Waals surface area contributed by atoms with Gasteiger partial charge in [-0.1, -0.05) is 48.4 Å². The molecule has 0 heterocycles. The molecule has 0 radical (unpaired) electrons. The van der Waals surface area contributed by atoms with Crippen molar-refractivity contribution in [2.24, 2.45) is 0 Å². The number of esters is 1. The van der Waals surface area contributed by atoms with Gasteiger partial charge in [-0.25, -0.2) is 5.06 Å². The standard InChI is InChI=1S/C20H19NO4/c1-15(22)21(24)14-18-8-11-19(12-9-18)20(25-16(2)23)13-10-17-6-4-3-5-7-17/h3-9,11-12,20,24H,14H2,1-2H3. The Labute approximate surface area is 146 Å². The first-order valence-electron chi connectivity index (χ1n) is 7.75. The smallest absolute Gasteiger partial charge is 0.304 e. The summed E-state index contributed by atoms with van der Waals surface area (Å²) in [5.74, 6) is 5.09. The van der Waals surface area contributed by atoms with Crippen LogP contribution >= 0.6 is 0 Å². The van der Waals surface area contributed by atoms with Gasteiger partial charge in [-0.05, 0) is 23.6 Å². The van der Waals surface area contributed by atoms with Gasteiger partial charge in [0.15, 0.2) is 6.10 Å². The number of carbonyl (C=O) groups excluding carboxylic acids is 2. The molecule has 25 heavy (non-hydrogen) atoms. The molecule has 1 unspecified atom stereocenters. The minimum Gasteiger partial charge on any atom is -0.444 e. The highest BCUT2D eigenvalue weighted by Crippen LogP contribution is 2.18. The van der Waals surface area contributed by atoms with E-state index >= 15 is 0 Å². The Morgan fingerprint density at radius 3 is 2.28 bits per heavy atom. The quantitative estimate of drug-likeness (QED) is 0.403. The van der Waals surface area contributed by atoms with E-state index in [4.69, 9.17) is 4.74 Å². The fourth-order valence-electron chi connectivity index (χ4n) is 2.10. The second-order valence-corrected chi connectivity index (χ2v) is 5.44. The van der Waals surface area contributed by atoms with Gasteiger partial charge in [-0.3, -0.25) is 14.8 Å². The first kappa shape index (κ1) is 18.2. The summed E-state index contributed by atoms with van der Waals surface area (Å²) in [6.07, 6.45) is -0.690. The summed E-state index contributed by atoms with van der Waals surface area (Å²) in [7, 11) is 0. The van der Waals surface area contributed by atoms with Gasteiger partial charge in [0.1, 0.15) is 0 Å². The largest absolute Gasteiger partial charge is 0.444 e. The summed E-state index contributed by atoms with van der Waals surface area (Å²) >= 11 is 0. The molecule has 0 aliphatic carbocycles. The third-order valence-corrected chi connectivity index (χ3v) is 3.38. The van der Waals surface area contributed by atoms with Gasteiger partial charge in [-0.2, -0.15) is 0 Å². The average Bonchev–Trinajstić information content (AvgIpc) is 2.60. The third kappa shape index (κ3) is 5.79. The summed E-state index contributed by atoms with van der Waals surface area (Å²) in [5.41, 5.74) is 2.29. The Hall–Kier alpha value is -3.10. The number of amides is 1. The predicted molar refractivity (Wildman–Crippen MR) is 92.3 cm³/mol. The molecule has 1 N–H and O–H groups in total. The monoisotopic (exact) mass is 337 g/mol. The summed E-state index contributed by atoms with van der Waals surface area (Å²) in [6, 6.07) is 16.4. The molecule has 0 aliphatic rings. The Kier molecular flexibility index (Phi) is 6.33. The van der Waals surface area contributed by atoms with Crippen molar-refractivity contribution in [2.45, 2.75) is 26.5 Å². The lowest BCUT2D eigenvalue weighted by Crippen LogP contribution is -2.23. The molecule has 0 aromatic heterocycles. The number of benzene rings is 2. The number of ether oxygens (including phenoxy) is 1. The Morgan fingerprint density at radius 1 is 1.08 bits per heavy atom. The van der Waals surface area contributed by atoms with Crippen LogP contribution in [0.5, 0.6) is 0 Å². The van der Waals surface area contributed by atoms with Gasteiger partial charge >= 0.3 is 5.97 Å². The normalized spacial score (nSPS) is 11.0. The van der Waals surface area contributed by atoms with Crippen molar-refractivity contribution >= 4 is 11.9 Å². The lowest BCUT2D eigenvalue weighted by atomic mass is 10.1. The molecular formula is C20H19NO4. The molecule has 2 aromatic carbocycles. The van der Waals surface area contributed by atoms with E-state index in [0.29, 0.717) is 5.06 Å². The number of nitrogens with zero attached hydrogens (tertiary/aromatic N) is 1. The molecular weight excluding hydrogens is 318 g/mol. The lowest BCUT2D eigenvalue weighted by molar-refractivity contribution is -0.165. The maximum atomic E-state index is 11.4. The van der Waals surface area contributed by atoms with E-state index in [-0.39, 0.29) is 6.54 Å². The molecule has 2 rings (SSSR count). The fraction of sp³-hybridized carbons (Fsp3) is 0.200. The molecule has 0 spiro atoms. The van der Waals surface area contributed by atoms with E-state index in [2.05, 4.69) is 11.8 Å². The van der Waals surface area contributed by atoms with Gasteiger partial charge in [0, 0.05) is 25.0 Å². The molecule has 0 saturated heterocycles. The van der Waals surface area contributed by atoms with Crippen molar-refractivity contribution in [3.05, 3.63) is 71.3 Å². The zero-order valence-corrected chi connectivity index (χ0v) is 14.1. The van der Waals surface area contributed by atoms with Gasteiger partial charge < -0.3 is 4.74 Å². The van der Waals surface area contributed by atoms with E-state index in [1.807, 2.05) is 30.3 Å². The van der Waals surface area contributed by atoms with Crippen LogP contribution in [0.4, 0.5) is 0 Å². The third-order valence-electron chi connectivity index (χ3n) is 3.38. The molecule has 0 bridgehead atoms. The minimum atomic E-state index is -0.690. The van der Waals surface area contributed by atoms with Crippen LogP contribution < -0.4 is 0 Å². The molecule has 0 fully saturated rings. The number of hydrogen-bond donors (Lipinski definition) is 1. The zero-order chi connectivity index (χ0) is 18.2. The SMILES string of the molecule is CC(=O)OC(C#Cc1ccccc1)c1ccc(CN(O)C(C)=O)cc1. The van der Waals surface area contributed by atoms with E-state index in [9.17, 15) is 14.8 Å². The van der Waals surface area contributed by atoms with Crippen molar-refractivity contribution < 1.29 is 19.5 Å². The van der Waals surface area contributed by atoms with Gasteiger partial charge in [0.2, 0.25) is 5.91 Å². The highest BCUT2D eigenvalue weighted by Gasteiger charge is 2.12. The van der Waals surface area contributed by atoms with Gasteiger partial charge in [0.25, 0.3) is 0 Å². The molecule has 5 nitrogen and oxygen atoms in total. The predicted octanol–water partition coefficient (Wildman–Crippen LogP) is 3.08. The maximum absolute atomic E-state index is 11.4. The number of hydrogen-bond acceptors (Lipinski definition) is 4. The van der Waals surface area contributed by atoms with Gasteiger partial charge in [-0.15, -0.1) is 0 Å². The van der Waals surface area contributed by atoms with E-state index in [0.717, 1.165) is 16.7 Å². The second kappa shape index (κ2) is 8.67. The Balaban J connectivity index is 2.19. The van der Waals surface area contributed by atoms with Crippen LogP contribution in [-0.2, 0) is 20.9 Å². The number of hydroxylamine groups is 2. The molecule has 1 amide bonds. The number of carbonyl (C=O) groups is 2. The first-order chi connectivity index (χ1) is 12.0. The lowest BCUT2D eigenvalue weighted by Gasteiger charge is -2.14.